The summed E-state index contributed by atoms with van der Waals surface area (Å²) in [6.45, 7) is 2.11. The number of hydrogen-bond acceptors (Lipinski definition) is 4. The Balaban J connectivity index is 1.73. The molecule has 6 heteroatoms. The second kappa shape index (κ2) is 8.01. The van der Waals surface area contributed by atoms with Gasteiger partial charge in [0.25, 0.3) is 10.0 Å². The lowest BCUT2D eigenvalue weighted by Crippen LogP contribution is -2.12. The third-order valence-electron chi connectivity index (χ3n) is 3.75. The summed E-state index contributed by atoms with van der Waals surface area (Å²) in [6.07, 6.45) is 3.39. The van der Waals surface area contributed by atoms with E-state index in [0.717, 1.165) is 24.2 Å². The molecule has 1 heterocycles. The summed E-state index contributed by atoms with van der Waals surface area (Å²) in [5.74, 6) is 1.18. The van der Waals surface area contributed by atoms with Gasteiger partial charge in [-0.25, -0.2) is 13.4 Å². The molecule has 0 saturated heterocycles. The van der Waals surface area contributed by atoms with E-state index in [2.05, 4.69) is 16.6 Å². The zero-order chi connectivity index (χ0) is 18.4. The predicted octanol–water partition coefficient (Wildman–Crippen LogP) is 4.63. The average molecular weight is 368 g/mol. The molecule has 0 aliphatic heterocycles. The molecule has 3 aromatic rings. The van der Waals surface area contributed by atoms with E-state index >= 15 is 0 Å². The molecule has 26 heavy (non-hydrogen) atoms. The maximum Gasteiger partial charge on any atom is 0.261 e. The number of nitrogens with zero attached hydrogens (tertiary/aromatic N) is 1. The van der Waals surface area contributed by atoms with Crippen molar-refractivity contribution in [2.75, 3.05) is 4.72 Å². The van der Waals surface area contributed by atoms with Crippen molar-refractivity contribution in [2.24, 2.45) is 0 Å². The fourth-order valence-electron chi connectivity index (χ4n) is 2.51. The molecule has 1 N–H and O–H groups in total. The summed E-state index contributed by atoms with van der Waals surface area (Å²) in [5.41, 5.74) is 1.49. The quantitative estimate of drug-likeness (QED) is 0.660. The van der Waals surface area contributed by atoms with Gasteiger partial charge in [0.15, 0.2) is 0 Å². The Kier molecular flexibility index (Phi) is 5.53. The van der Waals surface area contributed by atoms with Crippen LogP contribution in [-0.2, 0) is 16.4 Å². The van der Waals surface area contributed by atoms with Gasteiger partial charge in [0.05, 0.1) is 16.8 Å². The van der Waals surface area contributed by atoms with Crippen molar-refractivity contribution in [2.45, 2.75) is 24.7 Å². The monoisotopic (exact) mass is 368 g/mol. The first-order valence-electron chi connectivity index (χ1n) is 8.38. The largest absolute Gasteiger partial charge is 0.439 e. The van der Waals surface area contributed by atoms with Crippen molar-refractivity contribution in [3.05, 3.63) is 78.5 Å². The minimum Gasteiger partial charge on any atom is -0.439 e. The lowest BCUT2D eigenvalue weighted by molar-refractivity contribution is 0.457. The van der Waals surface area contributed by atoms with Gasteiger partial charge in [0, 0.05) is 6.07 Å². The Morgan fingerprint density at radius 2 is 1.69 bits per heavy atom. The molecule has 0 aliphatic rings. The number of nitrogens with one attached hydrogen (secondary N) is 1. The van der Waals surface area contributed by atoms with E-state index < -0.39 is 10.0 Å². The molecule has 0 fully saturated rings. The van der Waals surface area contributed by atoms with Crippen LogP contribution in [-0.4, -0.2) is 13.4 Å². The van der Waals surface area contributed by atoms with Crippen LogP contribution in [0.2, 0.25) is 0 Å². The molecular weight excluding hydrogens is 348 g/mol. The summed E-state index contributed by atoms with van der Waals surface area (Å²) in [6, 6.07) is 19.3. The van der Waals surface area contributed by atoms with Crippen molar-refractivity contribution < 1.29 is 13.2 Å². The molecule has 2 aromatic carbocycles. The van der Waals surface area contributed by atoms with Crippen LogP contribution in [0.4, 0.5) is 5.69 Å². The molecule has 134 valence electrons. The number of benzene rings is 2. The highest BCUT2D eigenvalue weighted by atomic mass is 32.2. The zero-order valence-corrected chi connectivity index (χ0v) is 15.2. The fourth-order valence-corrected chi connectivity index (χ4v) is 3.57. The van der Waals surface area contributed by atoms with E-state index in [9.17, 15) is 8.42 Å². The van der Waals surface area contributed by atoms with Gasteiger partial charge >= 0.3 is 0 Å². The Morgan fingerprint density at radius 1 is 0.962 bits per heavy atom. The molecule has 0 amide bonds. The highest BCUT2D eigenvalue weighted by Crippen LogP contribution is 2.26. The molecule has 0 atom stereocenters. The van der Waals surface area contributed by atoms with Crippen LogP contribution in [0, 0.1) is 0 Å². The number of aromatic nitrogens is 1. The van der Waals surface area contributed by atoms with Gasteiger partial charge in [0.1, 0.15) is 5.75 Å². The van der Waals surface area contributed by atoms with Gasteiger partial charge < -0.3 is 4.74 Å². The average Bonchev–Trinajstić information content (AvgIpc) is 2.66. The SMILES string of the molecule is CCCc1ccccc1Oc1ccc(NS(=O)(=O)c2ccccc2)cn1. The maximum absolute atomic E-state index is 12.3. The van der Waals surface area contributed by atoms with E-state index in [4.69, 9.17) is 4.74 Å². The number of pyridine rings is 1. The molecular formula is C20H20N2O3S. The highest BCUT2D eigenvalue weighted by molar-refractivity contribution is 7.92. The van der Waals surface area contributed by atoms with Crippen molar-refractivity contribution >= 4 is 15.7 Å². The first-order chi connectivity index (χ1) is 12.6. The first-order valence-corrected chi connectivity index (χ1v) is 9.86. The smallest absolute Gasteiger partial charge is 0.261 e. The Labute approximate surface area is 153 Å². The number of sulfonamides is 1. The van der Waals surface area contributed by atoms with Crippen LogP contribution in [0.25, 0.3) is 0 Å². The topological polar surface area (TPSA) is 68.3 Å². The number of aryl methyl sites for hydroxylation is 1. The van der Waals surface area contributed by atoms with Crippen molar-refractivity contribution in [3.8, 4) is 11.6 Å². The molecule has 0 spiro atoms. The van der Waals surface area contributed by atoms with Gasteiger partial charge in [-0.1, -0.05) is 49.7 Å². The summed E-state index contributed by atoms with van der Waals surface area (Å²) >= 11 is 0. The molecule has 0 radical (unpaired) electrons. The van der Waals surface area contributed by atoms with Gasteiger partial charge in [-0.05, 0) is 36.2 Å². The van der Waals surface area contributed by atoms with Crippen LogP contribution in [0.5, 0.6) is 11.6 Å². The van der Waals surface area contributed by atoms with Crippen molar-refractivity contribution in [1.82, 2.24) is 4.98 Å². The first kappa shape index (κ1) is 17.9. The lowest BCUT2D eigenvalue weighted by Gasteiger charge is -2.11. The summed E-state index contributed by atoms with van der Waals surface area (Å²) in [5, 5.41) is 0. The van der Waals surface area contributed by atoms with Crippen molar-refractivity contribution in [1.29, 1.82) is 0 Å². The van der Waals surface area contributed by atoms with Crippen molar-refractivity contribution in [3.63, 3.8) is 0 Å². The number of anilines is 1. The highest BCUT2D eigenvalue weighted by Gasteiger charge is 2.13. The fraction of sp³-hybridized carbons (Fsp3) is 0.150. The summed E-state index contributed by atoms with van der Waals surface area (Å²) in [4.78, 5) is 4.41. The van der Waals surface area contributed by atoms with E-state index in [1.807, 2.05) is 24.3 Å². The zero-order valence-electron chi connectivity index (χ0n) is 14.4. The van der Waals surface area contributed by atoms with E-state index in [0.29, 0.717) is 11.6 Å². The van der Waals surface area contributed by atoms with Gasteiger partial charge in [-0.3, -0.25) is 4.72 Å². The minimum atomic E-state index is -3.63. The Morgan fingerprint density at radius 3 is 2.38 bits per heavy atom. The number of para-hydroxylation sites is 1. The van der Waals surface area contributed by atoms with Crippen LogP contribution < -0.4 is 9.46 Å². The summed E-state index contributed by atoms with van der Waals surface area (Å²) in [7, 11) is -3.63. The van der Waals surface area contributed by atoms with Crippen LogP contribution in [0.1, 0.15) is 18.9 Å². The van der Waals surface area contributed by atoms with Crippen LogP contribution in [0.15, 0.2) is 77.8 Å². The van der Waals surface area contributed by atoms with Gasteiger partial charge in [0.2, 0.25) is 5.88 Å². The molecule has 5 nitrogen and oxygen atoms in total. The molecule has 0 aliphatic carbocycles. The number of ether oxygens (including phenoxy) is 1. The second-order valence-corrected chi connectivity index (χ2v) is 7.45. The second-order valence-electron chi connectivity index (χ2n) is 5.76. The van der Waals surface area contributed by atoms with E-state index in [-0.39, 0.29) is 4.90 Å². The third kappa shape index (κ3) is 4.40. The maximum atomic E-state index is 12.3. The van der Waals surface area contributed by atoms with Gasteiger partial charge in [-0.2, -0.15) is 0 Å². The number of hydrogen-bond donors (Lipinski definition) is 1. The molecule has 0 unspecified atom stereocenters. The van der Waals surface area contributed by atoms with Gasteiger partial charge in [-0.15, -0.1) is 0 Å². The molecule has 0 bridgehead atoms. The molecule has 0 saturated carbocycles. The van der Waals surface area contributed by atoms with E-state index in [1.54, 1.807) is 30.3 Å². The summed E-state index contributed by atoms with van der Waals surface area (Å²) < 4.78 is 33.0. The minimum absolute atomic E-state index is 0.203. The molecule has 1 aromatic heterocycles. The van der Waals surface area contributed by atoms with E-state index in [1.165, 1.54) is 18.3 Å². The Hall–Kier alpha value is -2.86. The standard InChI is InChI=1S/C20H20N2O3S/c1-2-8-16-9-6-7-12-19(16)25-20-14-13-17(15-21-20)22-26(23,24)18-10-4-3-5-11-18/h3-7,9-15,22H,2,8H2,1H3. The predicted molar refractivity (Wildman–Crippen MR) is 102 cm³/mol. The van der Waals surface area contributed by atoms with Crippen LogP contribution >= 0.6 is 0 Å². The Bertz CT molecular complexity index is 956. The molecule has 3 rings (SSSR count). The lowest BCUT2D eigenvalue weighted by atomic mass is 10.1. The normalized spacial score (nSPS) is 11.1. The number of rotatable bonds is 7. The van der Waals surface area contributed by atoms with Crippen LogP contribution in [0.3, 0.4) is 0 Å². The third-order valence-corrected chi connectivity index (χ3v) is 5.15.